The summed E-state index contributed by atoms with van der Waals surface area (Å²) in [4.78, 5) is 0. The van der Waals surface area contributed by atoms with Gasteiger partial charge >= 0.3 is 0 Å². The Morgan fingerprint density at radius 1 is 1.19 bits per heavy atom. The Balaban J connectivity index is 2.20. The van der Waals surface area contributed by atoms with Crippen LogP contribution in [0.3, 0.4) is 0 Å². The van der Waals surface area contributed by atoms with Crippen LogP contribution >= 0.6 is 0 Å². The minimum atomic E-state index is 0.300. The maximum atomic E-state index is 8.49. The predicted octanol–water partition coefficient (Wildman–Crippen LogP) is 3.07. The highest BCUT2D eigenvalue weighted by molar-refractivity contribution is 5.84. The molecule has 0 aromatic heterocycles. The fourth-order valence-corrected chi connectivity index (χ4v) is 1.47. The van der Waals surface area contributed by atoms with E-state index in [9.17, 15) is 0 Å². The molecule has 0 fully saturated rings. The molecule has 0 saturated carbocycles. The number of hydrogen-bond donors (Lipinski definition) is 1. The van der Waals surface area contributed by atoms with Gasteiger partial charge in [0.25, 0.3) is 0 Å². The Kier molecular flexibility index (Phi) is 3.05. The molecule has 0 bridgehead atoms. The average molecular weight is 215 g/mol. The van der Waals surface area contributed by atoms with Gasteiger partial charge in [0.1, 0.15) is 12.4 Å². The second-order valence-corrected chi connectivity index (χ2v) is 3.63. The number of ether oxygens (including phenoxy) is 1. The molecule has 0 heterocycles. The number of oxime groups is 1. The summed E-state index contributed by atoms with van der Waals surface area (Å²) >= 11 is 0. The second kappa shape index (κ2) is 4.66. The maximum Gasteiger partial charge on any atom is 0.129 e. The Hall–Kier alpha value is -2.03. The molecule has 0 unspecified atom stereocenters. The van der Waals surface area contributed by atoms with Crippen molar-refractivity contribution in [2.24, 2.45) is 5.16 Å². The van der Waals surface area contributed by atoms with Crippen LogP contribution in [0.2, 0.25) is 0 Å². The van der Waals surface area contributed by atoms with Crippen LogP contribution in [-0.4, -0.2) is 17.5 Å². The van der Waals surface area contributed by atoms with Crippen molar-refractivity contribution in [1.82, 2.24) is 0 Å². The zero-order chi connectivity index (χ0) is 11.4. The summed E-state index contributed by atoms with van der Waals surface area (Å²) in [5.41, 5.74) is 0.549. The van der Waals surface area contributed by atoms with Crippen LogP contribution in [0.1, 0.15) is 6.92 Å². The normalized spacial score (nSPS) is 11.7. The van der Waals surface area contributed by atoms with E-state index in [2.05, 4.69) is 11.2 Å². The van der Waals surface area contributed by atoms with Gasteiger partial charge in [0.05, 0.1) is 5.71 Å². The van der Waals surface area contributed by atoms with E-state index in [0.29, 0.717) is 12.3 Å². The third kappa shape index (κ3) is 2.31. The molecule has 0 spiro atoms. The summed E-state index contributed by atoms with van der Waals surface area (Å²) in [6.07, 6.45) is 0. The molecule has 0 radical (unpaired) electrons. The smallest absolute Gasteiger partial charge is 0.129 e. The van der Waals surface area contributed by atoms with Gasteiger partial charge in [-0.15, -0.1) is 0 Å². The van der Waals surface area contributed by atoms with E-state index in [1.165, 1.54) is 5.39 Å². The first kappa shape index (κ1) is 10.5. The minimum Gasteiger partial charge on any atom is -0.488 e. The molecule has 0 aliphatic rings. The van der Waals surface area contributed by atoms with Crippen LogP contribution in [-0.2, 0) is 0 Å². The highest BCUT2D eigenvalue weighted by Crippen LogP contribution is 2.20. The summed E-state index contributed by atoms with van der Waals surface area (Å²) in [5.74, 6) is 0.779. The van der Waals surface area contributed by atoms with Gasteiger partial charge in [-0.05, 0) is 29.8 Å². The van der Waals surface area contributed by atoms with E-state index >= 15 is 0 Å². The van der Waals surface area contributed by atoms with Crippen LogP contribution in [0.4, 0.5) is 0 Å². The third-order valence-corrected chi connectivity index (χ3v) is 2.34. The van der Waals surface area contributed by atoms with Crippen LogP contribution in [0.5, 0.6) is 5.75 Å². The average Bonchev–Trinajstić information content (AvgIpc) is 2.35. The first-order valence-corrected chi connectivity index (χ1v) is 5.09. The number of benzene rings is 2. The SMILES string of the molecule is C/C(COc1ccc2ccccc2c1)=N\O. The van der Waals surface area contributed by atoms with Gasteiger partial charge in [-0.3, -0.25) is 0 Å². The molecule has 0 atom stereocenters. The van der Waals surface area contributed by atoms with Gasteiger partial charge < -0.3 is 9.94 Å². The standard InChI is InChI=1S/C13H13NO2/c1-10(14-15)9-16-13-7-6-11-4-2-3-5-12(11)8-13/h2-8,15H,9H2,1H3/b14-10+. The van der Waals surface area contributed by atoms with Gasteiger partial charge in [-0.25, -0.2) is 0 Å². The van der Waals surface area contributed by atoms with Gasteiger partial charge in [-0.1, -0.05) is 35.5 Å². The van der Waals surface area contributed by atoms with E-state index < -0.39 is 0 Å². The lowest BCUT2D eigenvalue weighted by Crippen LogP contribution is -2.07. The molecular formula is C13H13NO2. The largest absolute Gasteiger partial charge is 0.488 e. The molecule has 1 N–H and O–H groups in total. The lowest BCUT2D eigenvalue weighted by molar-refractivity contribution is 0.307. The minimum absolute atomic E-state index is 0.300. The number of hydrogen-bond acceptors (Lipinski definition) is 3. The van der Waals surface area contributed by atoms with Gasteiger partial charge in [0.15, 0.2) is 0 Å². The molecule has 82 valence electrons. The molecule has 0 amide bonds. The molecule has 0 aliphatic carbocycles. The molecule has 3 nitrogen and oxygen atoms in total. The number of rotatable bonds is 3. The quantitative estimate of drug-likeness (QED) is 0.485. The van der Waals surface area contributed by atoms with E-state index in [4.69, 9.17) is 9.94 Å². The molecule has 0 saturated heterocycles. The van der Waals surface area contributed by atoms with Crippen molar-refractivity contribution >= 4 is 16.5 Å². The molecule has 16 heavy (non-hydrogen) atoms. The third-order valence-electron chi connectivity index (χ3n) is 2.34. The summed E-state index contributed by atoms with van der Waals surface area (Å²) in [5, 5.41) is 13.9. The summed E-state index contributed by atoms with van der Waals surface area (Å²) in [6.45, 7) is 2.01. The molecule has 2 aromatic carbocycles. The first-order valence-electron chi connectivity index (χ1n) is 5.09. The zero-order valence-electron chi connectivity index (χ0n) is 9.05. The second-order valence-electron chi connectivity index (χ2n) is 3.63. The summed E-state index contributed by atoms with van der Waals surface area (Å²) in [7, 11) is 0. The summed E-state index contributed by atoms with van der Waals surface area (Å²) < 4.78 is 5.48. The van der Waals surface area contributed by atoms with Gasteiger partial charge in [0.2, 0.25) is 0 Å². The first-order chi connectivity index (χ1) is 7.79. The molecular weight excluding hydrogens is 202 g/mol. The molecule has 2 aromatic rings. The molecule has 2 rings (SSSR count). The van der Waals surface area contributed by atoms with E-state index in [-0.39, 0.29) is 0 Å². The van der Waals surface area contributed by atoms with Gasteiger partial charge in [-0.2, -0.15) is 0 Å². The van der Waals surface area contributed by atoms with Crippen LogP contribution in [0, 0.1) is 0 Å². The highest BCUT2D eigenvalue weighted by atomic mass is 16.5. The lowest BCUT2D eigenvalue weighted by Gasteiger charge is -2.06. The van der Waals surface area contributed by atoms with Crippen molar-refractivity contribution in [3.63, 3.8) is 0 Å². The Morgan fingerprint density at radius 3 is 2.69 bits per heavy atom. The van der Waals surface area contributed by atoms with Crippen molar-refractivity contribution in [3.8, 4) is 5.75 Å². The van der Waals surface area contributed by atoms with Crippen molar-refractivity contribution in [2.45, 2.75) is 6.92 Å². The van der Waals surface area contributed by atoms with Crippen LogP contribution in [0.25, 0.3) is 10.8 Å². The predicted molar refractivity (Wildman–Crippen MR) is 64.3 cm³/mol. The van der Waals surface area contributed by atoms with Gasteiger partial charge in [0, 0.05) is 0 Å². The van der Waals surface area contributed by atoms with Crippen molar-refractivity contribution in [1.29, 1.82) is 0 Å². The van der Waals surface area contributed by atoms with E-state index in [0.717, 1.165) is 11.1 Å². The Morgan fingerprint density at radius 2 is 1.94 bits per heavy atom. The summed E-state index contributed by atoms with van der Waals surface area (Å²) in [6, 6.07) is 14.0. The lowest BCUT2D eigenvalue weighted by atomic mass is 10.1. The number of fused-ring (bicyclic) bond motifs is 1. The monoisotopic (exact) mass is 215 g/mol. The van der Waals surface area contributed by atoms with E-state index in [1.807, 2.05) is 36.4 Å². The fourth-order valence-electron chi connectivity index (χ4n) is 1.47. The Bertz CT molecular complexity index is 520. The fraction of sp³-hybridized carbons (Fsp3) is 0.154. The molecule has 3 heteroatoms. The van der Waals surface area contributed by atoms with E-state index in [1.54, 1.807) is 6.92 Å². The number of nitrogens with zero attached hydrogens (tertiary/aromatic N) is 1. The topological polar surface area (TPSA) is 41.8 Å². The van der Waals surface area contributed by atoms with Crippen LogP contribution in [0.15, 0.2) is 47.6 Å². The maximum absolute atomic E-state index is 8.49. The zero-order valence-corrected chi connectivity index (χ0v) is 9.05. The van der Waals surface area contributed by atoms with Crippen molar-refractivity contribution in [2.75, 3.05) is 6.61 Å². The van der Waals surface area contributed by atoms with Crippen molar-refractivity contribution in [3.05, 3.63) is 42.5 Å². The van der Waals surface area contributed by atoms with Crippen molar-refractivity contribution < 1.29 is 9.94 Å². The van der Waals surface area contributed by atoms with Crippen LogP contribution < -0.4 is 4.74 Å². The highest BCUT2D eigenvalue weighted by Gasteiger charge is 1.98. The molecule has 0 aliphatic heterocycles. The Labute approximate surface area is 94.0 Å².